The highest BCUT2D eigenvalue weighted by atomic mass is 19.4. The second-order valence-electron chi connectivity index (χ2n) is 6.76. The molecule has 0 saturated heterocycles. The van der Waals surface area contributed by atoms with Crippen molar-refractivity contribution in [2.24, 2.45) is 0 Å². The topological polar surface area (TPSA) is 47.3 Å². The minimum absolute atomic E-state index is 0.0610. The molecular weight excluding hydrogens is 321 g/mol. The maximum atomic E-state index is 13.5. The van der Waals surface area contributed by atoms with Gasteiger partial charge >= 0.3 is 6.18 Å². The Morgan fingerprint density at radius 1 is 1.38 bits per heavy atom. The van der Waals surface area contributed by atoms with E-state index in [1.54, 1.807) is 13.0 Å². The number of aromatic nitrogens is 2. The molecule has 0 aliphatic heterocycles. The molecule has 0 radical (unpaired) electrons. The van der Waals surface area contributed by atoms with Gasteiger partial charge in [-0.05, 0) is 38.3 Å². The van der Waals surface area contributed by atoms with E-state index in [9.17, 15) is 18.3 Å². The van der Waals surface area contributed by atoms with Gasteiger partial charge in [-0.25, -0.2) is 0 Å². The van der Waals surface area contributed by atoms with Gasteiger partial charge in [0.2, 0.25) is 0 Å². The Morgan fingerprint density at radius 2 is 2.08 bits per heavy atom. The molecule has 2 aromatic rings. The van der Waals surface area contributed by atoms with Gasteiger partial charge in [0.15, 0.2) is 0 Å². The van der Waals surface area contributed by atoms with Crippen LogP contribution in [0.2, 0.25) is 0 Å². The van der Waals surface area contributed by atoms with Crippen LogP contribution in [0.25, 0.3) is 10.9 Å². The zero-order chi connectivity index (χ0) is 17.5. The number of benzene rings is 1. The summed E-state index contributed by atoms with van der Waals surface area (Å²) in [5, 5.41) is 14.4. The lowest BCUT2D eigenvalue weighted by atomic mass is 9.77. The van der Waals surface area contributed by atoms with Gasteiger partial charge < -0.3 is 9.84 Å². The van der Waals surface area contributed by atoms with E-state index in [2.05, 4.69) is 5.10 Å². The summed E-state index contributed by atoms with van der Waals surface area (Å²) in [5.74, 6) is 0.212. The lowest BCUT2D eigenvalue weighted by Crippen LogP contribution is -2.42. The number of nitrogens with zero attached hydrogens (tertiary/aromatic N) is 2. The van der Waals surface area contributed by atoms with Gasteiger partial charge in [-0.3, -0.25) is 4.68 Å². The summed E-state index contributed by atoms with van der Waals surface area (Å²) in [7, 11) is 0. The molecule has 1 saturated carbocycles. The van der Waals surface area contributed by atoms with Crippen molar-refractivity contribution in [2.45, 2.75) is 57.3 Å². The van der Waals surface area contributed by atoms with Crippen LogP contribution >= 0.6 is 0 Å². The summed E-state index contributed by atoms with van der Waals surface area (Å²) >= 11 is 0. The number of halogens is 3. The van der Waals surface area contributed by atoms with Crippen molar-refractivity contribution in [3.63, 3.8) is 0 Å². The first kappa shape index (κ1) is 17.1. The molecule has 0 spiro atoms. The fourth-order valence-electron chi connectivity index (χ4n) is 3.20. The van der Waals surface area contributed by atoms with Gasteiger partial charge in [-0.1, -0.05) is 13.3 Å². The fourth-order valence-corrected chi connectivity index (χ4v) is 3.20. The number of ether oxygens (including phenoxy) is 1. The summed E-state index contributed by atoms with van der Waals surface area (Å²) in [6, 6.07) is 2.43. The maximum absolute atomic E-state index is 13.5. The molecule has 1 heterocycles. The molecule has 1 N–H and O–H groups in total. The van der Waals surface area contributed by atoms with Gasteiger partial charge in [0.05, 0.1) is 35.5 Å². The van der Waals surface area contributed by atoms with Crippen molar-refractivity contribution >= 4 is 10.9 Å². The Bertz CT molecular complexity index is 729. The van der Waals surface area contributed by atoms with Crippen LogP contribution in [0.5, 0.6) is 5.75 Å². The molecular formula is C17H21F3N2O2. The number of hydrogen-bond acceptors (Lipinski definition) is 3. The van der Waals surface area contributed by atoms with E-state index in [0.29, 0.717) is 24.8 Å². The highest BCUT2D eigenvalue weighted by Gasteiger charge is 2.42. The van der Waals surface area contributed by atoms with E-state index in [1.807, 2.05) is 6.92 Å². The summed E-state index contributed by atoms with van der Waals surface area (Å²) in [4.78, 5) is 0. The van der Waals surface area contributed by atoms with E-state index in [-0.39, 0.29) is 17.3 Å². The van der Waals surface area contributed by atoms with Crippen LogP contribution in [0.15, 0.2) is 18.3 Å². The van der Waals surface area contributed by atoms with Crippen LogP contribution in [-0.2, 0) is 6.18 Å². The fraction of sp³-hybridized carbons (Fsp3) is 0.588. The van der Waals surface area contributed by atoms with Crippen LogP contribution < -0.4 is 4.74 Å². The van der Waals surface area contributed by atoms with E-state index < -0.39 is 17.3 Å². The van der Waals surface area contributed by atoms with Gasteiger partial charge in [0.25, 0.3) is 0 Å². The Hall–Kier alpha value is -1.76. The van der Waals surface area contributed by atoms with Crippen LogP contribution in [0.3, 0.4) is 0 Å². The van der Waals surface area contributed by atoms with Gasteiger partial charge in [0, 0.05) is 5.39 Å². The lowest BCUT2D eigenvalue weighted by Gasteiger charge is -2.41. The van der Waals surface area contributed by atoms with Gasteiger partial charge in [-0.2, -0.15) is 18.3 Å². The minimum Gasteiger partial charge on any atom is -0.494 e. The predicted molar refractivity (Wildman–Crippen MR) is 84.0 cm³/mol. The Labute approximate surface area is 138 Å². The van der Waals surface area contributed by atoms with Crippen molar-refractivity contribution in [1.29, 1.82) is 0 Å². The standard InChI is InChI=1S/C17H21F3N2O2/c1-3-4-5-24-13-6-11-10-21-22(12-8-16(2,23)9-12)15(11)14(7-13)17(18,19)20/h6-7,10,12,23H,3-5,8-9H2,1-2H3/t12-,16+. The SMILES string of the molecule is CCCCOc1cc(C(F)(F)F)c2c(cnn2[C@H]2C[C@@](C)(O)C2)c1. The lowest BCUT2D eigenvalue weighted by molar-refractivity contribution is -0.136. The molecule has 1 aliphatic rings. The summed E-state index contributed by atoms with van der Waals surface area (Å²) in [6.07, 6.45) is -0.563. The smallest absolute Gasteiger partial charge is 0.418 e. The minimum atomic E-state index is -4.49. The number of aliphatic hydroxyl groups is 1. The van der Waals surface area contributed by atoms with Crippen LogP contribution in [0.1, 0.15) is 51.1 Å². The van der Waals surface area contributed by atoms with Crippen molar-refractivity contribution < 1.29 is 23.0 Å². The summed E-state index contributed by atoms with van der Waals surface area (Å²) in [6.45, 7) is 4.06. The largest absolute Gasteiger partial charge is 0.494 e. The van der Waals surface area contributed by atoms with Crippen molar-refractivity contribution in [2.75, 3.05) is 6.61 Å². The second-order valence-corrected chi connectivity index (χ2v) is 6.76. The third kappa shape index (κ3) is 3.22. The first-order valence-electron chi connectivity index (χ1n) is 8.15. The Balaban J connectivity index is 2.01. The normalized spacial score (nSPS) is 24.2. The quantitative estimate of drug-likeness (QED) is 0.823. The molecule has 1 aromatic heterocycles. The van der Waals surface area contributed by atoms with Crippen LogP contribution in [0, 0.1) is 0 Å². The van der Waals surface area contributed by atoms with Crippen molar-refractivity contribution in [3.05, 3.63) is 23.9 Å². The number of alkyl halides is 3. The third-order valence-electron chi connectivity index (χ3n) is 4.43. The molecule has 0 amide bonds. The number of unbranched alkanes of at least 4 members (excludes halogenated alkanes) is 1. The zero-order valence-corrected chi connectivity index (χ0v) is 13.7. The van der Waals surface area contributed by atoms with Crippen molar-refractivity contribution in [1.82, 2.24) is 9.78 Å². The molecule has 132 valence electrons. The van der Waals surface area contributed by atoms with Crippen LogP contribution in [-0.4, -0.2) is 27.1 Å². The molecule has 24 heavy (non-hydrogen) atoms. The molecule has 1 fully saturated rings. The molecule has 0 unspecified atom stereocenters. The second kappa shape index (κ2) is 5.95. The van der Waals surface area contributed by atoms with E-state index in [1.165, 1.54) is 10.9 Å². The number of fused-ring (bicyclic) bond motifs is 1. The Kier molecular flexibility index (Phi) is 4.23. The number of hydrogen-bond donors (Lipinski definition) is 1. The predicted octanol–water partition coefficient (Wildman–Crippen LogP) is 4.32. The molecule has 7 heteroatoms. The van der Waals surface area contributed by atoms with E-state index >= 15 is 0 Å². The molecule has 4 nitrogen and oxygen atoms in total. The first-order valence-corrected chi connectivity index (χ1v) is 8.15. The van der Waals surface area contributed by atoms with E-state index in [4.69, 9.17) is 4.74 Å². The maximum Gasteiger partial charge on any atom is 0.418 e. The van der Waals surface area contributed by atoms with E-state index in [0.717, 1.165) is 18.9 Å². The molecule has 0 bridgehead atoms. The number of rotatable bonds is 5. The first-order chi connectivity index (χ1) is 11.2. The Morgan fingerprint density at radius 3 is 2.67 bits per heavy atom. The average molecular weight is 342 g/mol. The van der Waals surface area contributed by atoms with Crippen LogP contribution in [0.4, 0.5) is 13.2 Å². The van der Waals surface area contributed by atoms with Gasteiger partial charge in [-0.15, -0.1) is 0 Å². The molecule has 1 aromatic carbocycles. The van der Waals surface area contributed by atoms with Gasteiger partial charge in [0.1, 0.15) is 5.75 Å². The molecule has 0 atom stereocenters. The summed E-state index contributed by atoms with van der Waals surface area (Å²) in [5.41, 5.74) is -1.51. The zero-order valence-electron chi connectivity index (χ0n) is 13.7. The van der Waals surface area contributed by atoms with Crippen molar-refractivity contribution in [3.8, 4) is 5.75 Å². The third-order valence-corrected chi connectivity index (χ3v) is 4.43. The molecule has 1 aliphatic carbocycles. The summed E-state index contributed by atoms with van der Waals surface area (Å²) < 4.78 is 47.5. The highest BCUT2D eigenvalue weighted by Crippen LogP contribution is 2.44. The monoisotopic (exact) mass is 342 g/mol. The average Bonchev–Trinajstić information content (AvgIpc) is 2.86. The highest BCUT2D eigenvalue weighted by molar-refractivity contribution is 5.84. The molecule has 3 rings (SSSR count).